The van der Waals surface area contributed by atoms with Crippen molar-refractivity contribution in [1.29, 1.82) is 0 Å². The fourth-order valence-corrected chi connectivity index (χ4v) is 6.46. The van der Waals surface area contributed by atoms with E-state index in [2.05, 4.69) is 141 Å². The summed E-state index contributed by atoms with van der Waals surface area (Å²) in [5, 5.41) is 4.69. The molecule has 0 atom stereocenters. The number of hydrogen-bond acceptors (Lipinski definition) is 2. The van der Waals surface area contributed by atoms with Gasteiger partial charge in [0.25, 0.3) is 0 Å². The first-order valence-corrected chi connectivity index (χ1v) is 15.1. The predicted molar refractivity (Wildman–Crippen MR) is 191 cm³/mol. The molecule has 0 fully saturated rings. The number of benzene rings is 7. The number of rotatable bonds is 6. The van der Waals surface area contributed by atoms with Crippen molar-refractivity contribution in [1.82, 2.24) is 4.98 Å². The monoisotopic (exact) mass is 575 g/mol. The Morgan fingerprint density at radius 2 is 0.978 bits per heavy atom. The molecule has 0 spiro atoms. The van der Waals surface area contributed by atoms with Crippen LogP contribution in [-0.4, -0.2) is 4.98 Å². The summed E-state index contributed by atoms with van der Waals surface area (Å²) in [6.45, 7) is 8.34. The van der Waals surface area contributed by atoms with Gasteiger partial charge in [0.15, 0.2) is 5.58 Å². The molecule has 0 aliphatic rings. The number of fused-ring (bicyclic) bond motifs is 4. The van der Waals surface area contributed by atoms with E-state index in [9.17, 15) is 0 Å². The molecule has 2 nitrogen and oxygen atoms in total. The van der Waals surface area contributed by atoms with Crippen LogP contribution >= 0.6 is 0 Å². The van der Waals surface area contributed by atoms with Gasteiger partial charge in [-0.1, -0.05) is 135 Å². The van der Waals surface area contributed by atoms with Gasteiger partial charge in [0, 0.05) is 11.1 Å². The Morgan fingerprint density at radius 1 is 0.444 bits per heavy atom. The van der Waals surface area contributed by atoms with Gasteiger partial charge in [-0.3, -0.25) is 0 Å². The van der Waals surface area contributed by atoms with E-state index in [1.807, 2.05) is 24.3 Å². The van der Waals surface area contributed by atoms with Gasteiger partial charge in [-0.15, -0.1) is 0 Å². The normalized spacial score (nSPS) is 11.3. The van der Waals surface area contributed by atoms with E-state index in [-0.39, 0.29) is 0 Å². The standard InChI is InChI=1S/C43H29NO/c1-3-34-35(4-2)40-25-32(23-24-38(40)37-18-12-11-17-36(34)37)39-26-33(29-15-9-6-10-16-29)27-41-42(39)44-43(45-41)31-21-19-30(20-22-31)28-13-7-5-8-14-28/h3-27H,1-2H2. The molecule has 45 heavy (non-hydrogen) atoms. The van der Waals surface area contributed by atoms with Crippen molar-refractivity contribution in [2.24, 2.45) is 0 Å². The van der Waals surface area contributed by atoms with E-state index in [1.165, 1.54) is 21.7 Å². The molecule has 0 aliphatic carbocycles. The molecule has 0 unspecified atom stereocenters. The molecule has 0 N–H and O–H groups in total. The summed E-state index contributed by atoms with van der Waals surface area (Å²) in [6, 6.07) is 48.7. The van der Waals surface area contributed by atoms with Crippen LogP contribution in [0, 0.1) is 0 Å². The maximum Gasteiger partial charge on any atom is 0.227 e. The first-order valence-electron chi connectivity index (χ1n) is 15.1. The fourth-order valence-electron chi connectivity index (χ4n) is 6.46. The second kappa shape index (κ2) is 10.9. The van der Waals surface area contributed by atoms with Gasteiger partial charge in [0.1, 0.15) is 5.52 Å². The number of oxazole rings is 1. The SMILES string of the molecule is C=Cc1c(C=C)c2cc(-c3cc(-c4ccccc4)cc4oc(-c5ccc(-c6ccccc6)cc5)nc34)ccc2c2ccccc12. The smallest absolute Gasteiger partial charge is 0.227 e. The fraction of sp³-hybridized carbons (Fsp3) is 0. The predicted octanol–water partition coefficient (Wildman–Crippen LogP) is 12.1. The lowest BCUT2D eigenvalue weighted by Gasteiger charge is -2.15. The van der Waals surface area contributed by atoms with Gasteiger partial charge in [-0.05, 0) is 90.8 Å². The summed E-state index contributed by atoms with van der Waals surface area (Å²) in [6.07, 6.45) is 3.88. The van der Waals surface area contributed by atoms with Gasteiger partial charge < -0.3 is 4.42 Å². The lowest BCUT2D eigenvalue weighted by molar-refractivity contribution is 0.620. The van der Waals surface area contributed by atoms with Crippen LogP contribution in [0.25, 0.3) is 89.6 Å². The third kappa shape index (κ3) is 4.56. The third-order valence-electron chi connectivity index (χ3n) is 8.67. The molecule has 2 heteroatoms. The Labute approximate surface area is 262 Å². The van der Waals surface area contributed by atoms with Crippen LogP contribution in [0.2, 0.25) is 0 Å². The highest BCUT2D eigenvalue weighted by Crippen LogP contribution is 2.40. The molecule has 0 saturated heterocycles. The second-order valence-corrected chi connectivity index (χ2v) is 11.2. The zero-order valence-corrected chi connectivity index (χ0v) is 24.7. The molecule has 0 bridgehead atoms. The van der Waals surface area contributed by atoms with Gasteiger partial charge in [-0.2, -0.15) is 0 Å². The Kier molecular flexibility index (Phi) is 6.47. The van der Waals surface area contributed by atoms with Crippen molar-refractivity contribution >= 4 is 44.8 Å². The molecule has 7 aromatic carbocycles. The van der Waals surface area contributed by atoms with E-state index in [0.29, 0.717) is 5.89 Å². The molecule has 0 saturated carbocycles. The largest absolute Gasteiger partial charge is 0.436 e. The van der Waals surface area contributed by atoms with Crippen molar-refractivity contribution in [3.05, 3.63) is 164 Å². The number of hydrogen-bond donors (Lipinski definition) is 0. The van der Waals surface area contributed by atoms with E-state index >= 15 is 0 Å². The van der Waals surface area contributed by atoms with Gasteiger partial charge in [0.05, 0.1) is 0 Å². The quantitative estimate of drug-likeness (QED) is 0.184. The minimum atomic E-state index is 0.601. The molecular weight excluding hydrogens is 546 g/mol. The lowest BCUT2D eigenvalue weighted by Crippen LogP contribution is -1.91. The highest BCUT2D eigenvalue weighted by Gasteiger charge is 2.18. The van der Waals surface area contributed by atoms with Crippen LogP contribution in [-0.2, 0) is 0 Å². The summed E-state index contributed by atoms with van der Waals surface area (Å²) < 4.78 is 6.51. The minimum Gasteiger partial charge on any atom is -0.436 e. The first-order chi connectivity index (χ1) is 22.2. The van der Waals surface area contributed by atoms with Gasteiger partial charge in [-0.25, -0.2) is 4.98 Å². The summed E-state index contributed by atoms with van der Waals surface area (Å²) in [4.78, 5) is 5.10. The molecular formula is C43H29NO. The maximum absolute atomic E-state index is 6.51. The van der Waals surface area contributed by atoms with Crippen LogP contribution < -0.4 is 0 Å². The van der Waals surface area contributed by atoms with Gasteiger partial charge >= 0.3 is 0 Å². The average Bonchev–Trinajstić information content (AvgIpc) is 3.55. The maximum atomic E-state index is 6.51. The molecule has 212 valence electrons. The van der Waals surface area contributed by atoms with E-state index in [1.54, 1.807) is 0 Å². The highest BCUT2D eigenvalue weighted by atomic mass is 16.3. The molecule has 1 heterocycles. The zero-order chi connectivity index (χ0) is 30.3. The summed E-state index contributed by atoms with van der Waals surface area (Å²) >= 11 is 0. The van der Waals surface area contributed by atoms with Crippen LogP contribution in [0.5, 0.6) is 0 Å². The second-order valence-electron chi connectivity index (χ2n) is 11.2. The lowest BCUT2D eigenvalue weighted by atomic mass is 9.89. The average molecular weight is 576 g/mol. The molecule has 0 amide bonds. The molecule has 8 rings (SSSR count). The van der Waals surface area contributed by atoms with E-state index in [4.69, 9.17) is 9.40 Å². The molecule has 8 aromatic rings. The topological polar surface area (TPSA) is 26.0 Å². The van der Waals surface area contributed by atoms with Crippen LogP contribution in [0.4, 0.5) is 0 Å². The van der Waals surface area contributed by atoms with Crippen LogP contribution in [0.15, 0.2) is 157 Å². The third-order valence-corrected chi connectivity index (χ3v) is 8.67. The zero-order valence-electron chi connectivity index (χ0n) is 24.7. The van der Waals surface area contributed by atoms with Crippen molar-refractivity contribution in [3.63, 3.8) is 0 Å². The summed E-state index contributed by atoms with van der Waals surface area (Å²) in [5.74, 6) is 0.601. The Bertz CT molecular complexity index is 2380. The van der Waals surface area contributed by atoms with Crippen molar-refractivity contribution in [2.45, 2.75) is 0 Å². The summed E-state index contributed by atoms with van der Waals surface area (Å²) in [5.41, 5.74) is 11.3. The van der Waals surface area contributed by atoms with E-state index < -0.39 is 0 Å². The molecule has 1 aromatic heterocycles. The molecule has 0 aliphatic heterocycles. The Hall–Kier alpha value is -5.99. The van der Waals surface area contributed by atoms with Gasteiger partial charge in [0.2, 0.25) is 5.89 Å². The number of aromatic nitrogens is 1. The highest BCUT2D eigenvalue weighted by molar-refractivity contribution is 6.15. The minimum absolute atomic E-state index is 0.601. The van der Waals surface area contributed by atoms with Crippen LogP contribution in [0.1, 0.15) is 11.1 Å². The Balaban J connectivity index is 1.34. The van der Waals surface area contributed by atoms with Crippen molar-refractivity contribution < 1.29 is 4.42 Å². The molecule has 0 radical (unpaired) electrons. The van der Waals surface area contributed by atoms with Crippen molar-refractivity contribution in [3.8, 4) is 44.8 Å². The van der Waals surface area contributed by atoms with Crippen molar-refractivity contribution in [2.75, 3.05) is 0 Å². The Morgan fingerprint density at radius 3 is 1.67 bits per heavy atom. The first kappa shape index (κ1) is 26.6. The van der Waals surface area contributed by atoms with Crippen LogP contribution in [0.3, 0.4) is 0 Å². The number of nitrogens with zero attached hydrogens (tertiary/aromatic N) is 1. The summed E-state index contributed by atoms with van der Waals surface area (Å²) in [7, 11) is 0. The van der Waals surface area contributed by atoms with E-state index in [0.717, 1.165) is 61.0 Å².